The summed E-state index contributed by atoms with van der Waals surface area (Å²) in [5.74, 6) is -2.32. The molecule has 0 heterocycles. The van der Waals surface area contributed by atoms with Gasteiger partial charge in [-0.1, -0.05) is 23.7 Å². The third kappa shape index (κ3) is 4.83. The summed E-state index contributed by atoms with van der Waals surface area (Å²) in [5, 5.41) is 13.1. The Hall–Kier alpha value is -3.46. The van der Waals surface area contributed by atoms with Crippen LogP contribution < -0.4 is 5.32 Å². The van der Waals surface area contributed by atoms with E-state index >= 15 is 0 Å². The van der Waals surface area contributed by atoms with Crippen LogP contribution in [-0.4, -0.2) is 36.0 Å². The summed E-state index contributed by atoms with van der Waals surface area (Å²) < 4.78 is 9.71. The summed E-state index contributed by atoms with van der Waals surface area (Å²) in [4.78, 5) is 46.4. The minimum Gasteiger partial charge on any atom is -0.465 e. The number of nitrogens with zero attached hydrogens (tertiary/aromatic N) is 1. The summed E-state index contributed by atoms with van der Waals surface area (Å²) in [6.45, 7) is 1.33. The SMILES string of the molecule is COC(=O)c1ccccc1C(=O)OC(C)C(=O)Nc1ccc([N+](=O)[O-])cc1Cl. The van der Waals surface area contributed by atoms with Crippen LogP contribution in [0.3, 0.4) is 0 Å². The van der Waals surface area contributed by atoms with E-state index in [0.717, 1.165) is 6.07 Å². The van der Waals surface area contributed by atoms with Crippen molar-refractivity contribution in [2.45, 2.75) is 13.0 Å². The van der Waals surface area contributed by atoms with Crippen LogP contribution >= 0.6 is 11.6 Å². The second-order valence-corrected chi connectivity index (χ2v) is 5.90. The number of nitro benzene ring substituents is 1. The van der Waals surface area contributed by atoms with E-state index in [9.17, 15) is 24.5 Å². The number of anilines is 1. The Labute approximate surface area is 164 Å². The van der Waals surface area contributed by atoms with Gasteiger partial charge in [0.25, 0.3) is 11.6 Å². The molecule has 0 aliphatic heterocycles. The highest BCUT2D eigenvalue weighted by Crippen LogP contribution is 2.26. The molecule has 9 nitrogen and oxygen atoms in total. The van der Waals surface area contributed by atoms with Gasteiger partial charge in [-0.2, -0.15) is 0 Å². The molecule has 0 saturated carbocycles. The van der Waals surface area contributed by atoms with Crippen LogP contribution in [0.2, 0.25) is 5.02 Å². The molecule has 0 aliphatic carbocycles. The van der Waals surface area contributed by atoms with Crippen molar-refractivity contribution in [3.8, 4) is 0 Å². The molecule has 1 unspecified atom stereocenters. The monoisotopic (exact) mass is 406 g/mol. The average molecular weight is 407 g/mol. The first-order chi connectivity index (χ1) is 13.2. The number of rotatable bonds is 6. The van der Waals surface area contributed by atoms with E-state index in [0.29, 0.717) is 0 Å². The average Bonchev–Trinajstić information content (AvgIpc) is 2.68. The van der Waals surface area contributed by atoms with Crippen molar-refractivity contribution in [2.75, 3.05) is 12.4 Å². The molecule has 0 aliphatic rings. The van der Waals surface area contributed by atoms with E-state index in [2.05, 4.69) is 10.1 Å². The van der Waals surface area contributed by atoms with Gasteiger partial charge < -0.3 is 14.8 Å². The maximum absolute atomic E-state index is 12.3. The van der Waals surface area contributed by atoms with E-state index in [4.69, 9.17) is 16.3 Å². The molecule has 1 amide bonds. The van der Waals surface area contributed by atoms with E-state index < -0.39 is 28.9 Å². The van der Waals surface area contributed by atoms with Crippen molar-refractivity contribution in [2.24, 2.45) is 0 Å². The lowest BCUT2D eigenvalue weighted by molar-refractivity contribution is -0.384. The van der Waals surface area contributed by atoms with Crippen molar-refractivity contribution < 1.29 is 28.8 Å². The molecule has 0 bridgehead atoms. The first-order valence-electron chi connectivity index (χ1n) is 7.87. The van der Waals surface area contributed by atoms with Crippen LogP contribution in [0.1, 0.15) is 27.6 Å². The predicted octanol–water partition coefficient (Wildman–Crippen LogP) is 3.22. The first-order valence-corrected chi connectivity index (χ1v) is 8.25. The molecule has 146 valence electrons. The molecule has 10 heteroatoms. The summed E-state index contributed by atoms with van der Waals surface area (Å²) in [6.07, 6.45) is -1.23. The number of amides is 1. The van der Waals surface area contributed by atoms with Gasteiger partial charge in [-0.05, 0) is 25.1 Å². The van der Waals surface area contributed by atoms with Crippen LogP contribution in [0.25, 0.3) is 0 Å². The lowest BCUT2D eigenvalue weighted by Gasteiger charge is -2.15. The van der Waals surface area contributed by atoms with Crippen LogP contribution in [0.4, 0.5) is 11.4 Å². The van der Waals surface area contributed by atoms with Crippen molar-refractivity contribution in [1.29, 1.82) is 0 Å². The highest BCUT2D eigenvalue weighted by Gasteiger charge is 2.24. The molecule has 2 aromatic carbocycles. The van der Waals surface area contributed by atoms with Gasteiger partial charge >= 0.3 is 11.9 Å². The second-order valence-electron chi connectivity index (χ2n) is 5.50. The fraction of sp³-hybridized carbons (Fsp3) is 0.167. The molecule has 0 saturated heterocycles. The number of methoxy groups -OCH3 is 1. The summed E-state index contributed by atoms with van der Waals surface area (Å²) in [7, 11) is 1.18. The molecule has 0 radical (unpaired) electrons. The van der Waals surface area contributed by atoms with Crippen LogP contribution in [0.15, 0.2) is 42.5 Å². The number of esters is 2. The Morgan fingerprint density at radius 1 is 1.11 bits per heavy atom. The van der Waals surface area contributed by atoms with E-state index in [1.54, 1.807) is 6.07 Å². The normalized spacial score (nSPS) is 11.2. The quantitative estimate of drug-likeness (QED) is 0.443. The molecule has 0 spiro atoms. The summed E-state index contributed by atoms with van der Waals surface area (Å²) >= 11 is 5.92. The van der Waals surface area contributed by atoms with Gasteiger partial charge in [-0.25, -0.2) is 9.59 Å². The smallest absolute Gasteiger partial charge is 0.339 e. The predicted molar refractivity (Wildman–Crippen MR) is 99.4 cm³/mol. The second kappa shape index (κ2) is 8.96. The van der Waals surface area contributed by atoms with Gasteiger partial charge in [0.05, 0.1) is 33.9 Å². The number of halogens is 1. The number of ether oxygens (including phenoxy) is 2. The number of nitro groups is 1. The van der Waals surface area contributed by atoms with Crippen molar-refractivity contribution in [3.05, 3.63) is 68.7 Å². The number of carbonyl (C=O) groups is 3. The van der Waals surface area contributed by atoms with Gasteiger partial charge in [-0.3, -0.25) is 14.9 Å². The third-order valence-corrected chi connectivity index (χ3v) is 3.94. The number of nitrogens with one attached hydrogen (secondary N) is 1. The molecule has 2 aromatic rings. The zero-order chi connectivity index (χ0) is 20.8. The summed E-state index contributed by atoms with van der Waals surface area (Å²) in [6, 6.07) is 9.36. The van der Waals surface area contributed by atoms with Crippen molar-refractivity contribution >= 4 is 40.8 Å². The zero-order valence-corrected chi connectivity index (χ0v) is 15.6. The maximum Gasteiger partial charge on any atom is 0.339 e. The molecule has 1 N–H and O–H groups in total. The Kier molecular flexibility index (Phi) is 6.67. The Balaban J connectivity index is 2.10. The fourth-order valence-corrected chi connectivity index (χ4v) is 2.40. The Morgan fingerprint density at radius 3 is 2.25 bits per heavy atom. The fourth-order valence-electron chi connectivity index (χ4n) is 2.18. The minimum atomic E-state index is -1.23. The Morgan fingerprint density at radius 2 is 1.71 bits per heavy atom. The van der Waals surface area contributed by atoms with Crippen LogP contribution in [-0.2, 0) is 14.3 Å². The van der Waals surface area contributed by atoms with Crippen LogP contribution in [0, 0.1) is 10.1 Å². The number of hydrogen-bond donors (Lipinski definition) is 1. The van der Waals surface area contributed by atoms with Crippen molar-refractivity contribution in [1.82, 2.24) is 0 Å². The number of non-ortho nitro benzene ring substituents is 1. The molecule has 0 fully saturated rings. The highest BCUT2D eigenvalue weighted by molar-refractivity contribution is 6.34. The standard InChI is InChI=1S/C18H15ClN2O7/c1-10(16(22)20-15-8-7-11(21(25)26)9-14(15)19)28-18(24)13-6-4-3-5-12(13)17(23)27-2/h3-10H,1-2H3,(H,20,22). The molecule has 0 aromatic heterocycles. The maximum atomic E-state index is 12.3. The molecular formula is C18H15ClN2O7. The molecular weight excluding hydrogens is 392 g/mol. The van der Waals surface area contributed by atoms with Gasteiger partial charge in [0.15, 0.2) is 6.10 Å². The van der Waals surface area contributed by atoms with E-state index in [1.165, 1.54) is 44.4 Å². The highest BCUT2D eigenvalue weighted by atomic mass is 35.5. The third-order valence-electron chi connectivity index (χ3n) is 3.63. The lowest BCUT2D eigenvalue weighted by Crippen LogP contribution is -2.30. The van der Waals surface area contributed by atoms with E-state index in [-0.39, 0.29) is 27.5 Å². The largest absolute Gasteiger partial charge is 0.465 e. The lowest BCUT2D eigenvalue weighted by atomic mass is 10.1. The van der Waals surface area contributed by atoms with Gasteiger partial charge in [-0.15, -0.1) is 0 Å². The zero-order valence-electron chi connectivity index (χ0n) is 14.8. The molecule has 1 atom stereocenters. The van der Waals surface area contributed by atoms with E-state index in [1.807, 2.05) is 0 Å². The van der Waals surface area contributed by atoms with Gasteiger partial charge in [0, 0.05) is 12.1 Å². The minimum absolute atomic E-state index is 0.000946. The van der Waals surface area contributed by atoms with Crippen molar-refractivity contribution in [3.63, 3.8) is 0 Å². The number of hydrogen-bond acceptors (Lipinski definition) is 7. The van der Waals surface area contributed by atoms with Gasteiger partial charge in [0.2, 0.25) is 0 Å². The number of carbonyl (C=O) groups excluding carboxylic acids is 3. The molecule has 28 heavy (non-hydrogen) atoms. The Bertz CT molecular complexity index is 945. The number of benzene rings is 2. The van der Waals surface area contributed by atoms with Gasteiger partial charge in [0.1, 0.15) is 0 Å². The first kappa shape index (κ1) is 20.8. The van der Waals surface area contributed by atoms with Crippen LogP contribution in [0.5, 0.6) is 0 Å². The topological polar surface area (TPSA) is 125 Å². The molecule has 2 rings (SSSR count). The summed E-state index contributed by atoms with van der Waals surface area (Å²) in [5.41, 5.74) is -0.166.